The molecule has 0 aliphatic heterocycles. The molecule has 0 spiro atoms. The first kappa shape index (κ1) is 27.9. The Kier molecular flexibility index (Phi) is 9.59. The molecule has 0 bridgehead atoms. The van der Waals surface area contributed by atoms with Gasteiger partial charge < -0.3 is 29.1 Å². The van der Waals surface area contributed by atoms with E-state index in [0.717, 1.165) is 0 Å². The Morgan fingerprint density at radius 3 is 1.15 bits per heavy atom. The third-order valence-electron chi connectivity index (χ3n) is 3.97. The van der Waals surface area contributed by atoms with E-state index in [1.165, 1.54) is 41.1 Å². The molecule has 0 radical (unpaired) electrons. The number of nitrogens with zero attached hydrogens (tertiary/aromatic N) is 8. The molecule has 0 saturated carbocycles. The molecule has 14 nitrogen and oxygen atoms in total. The predicted molar refractivity (Wildman–Crippen MR) is 122 cm³/mol. The van der Waals surface area contributed by atoms with Crippen molar-refractivity contribution < 1.29 is 28.7 Å². The molecule has 4 amide bonds. The Hall–Kier alpha value is -4.10. The van der Waals surface area contributed by atoms with Crippen molar-refractivity contribution in [3.63, 3.8) is 0 Å². The van der Waals surface area contributed by atoms with Gasteiger partial charge in [-0.05, 0) is 13.8 Å². The van der Waals surface area contributed by atoms with Gasteiger partial charge in [-0.15, -0.1) is 10.2 Å². The fourth-order valence-corrected chi connectivity index (χ4v) is 2.12. The lowest BCUT2D eigenvalue weighted by molar-refractivity contribution is 0.168. The van der Waals surface area contributed by atoms with Crippen LogP contribution in [0.1, 0.15) is 11.4 Å². The highest BCUT2D eigenvalue weighted by Gasteiger charge is 2.17. The first-order valence-corrected chi connectivity index (χ1v) is 10.0. The molecule has 0 fully saturated rings. The maximum atomic E-state index is 11.7. The molecule has 2 heterocycles. The summed E-state index contributed by atoms with van der Waals surface area (Å²) in [4.78, 5) is 51.3. The molecule has 2 aromatic rings. The number of amides is 4. The van der Waals surface area contributed by atoms with Crippen LogP contribution >= 0.6 is 0 Å². The van der Waals surface area contributed by atoms with Crippen molar-refractivity contribution >= 4 is 24.2 Å². The van der Waals surface area contributed by atoms with Crippen LogP contribution in [0.25, 0.3) is 0 Å². The van der Waals surface area contributed by atoms with Crippen LogP contribution in [-0.4, -0.2) is 120 Å². The SMILES string of the molecule is Cc1cc(OC(=O)N(C)C)nn1C(=O)N(C)C.Cc1cc(OC(=O)N(C)C)nn1C(=O)N(C)C. The van der Waals surface area contributed by atoms with E-state index >= 15 is 0 Å². The van der Waals surface area contributed by atoms with Gasteiger partial charge in [0, 0.05) is 68.5 Å². The molecule has 14 heteroatoms. The van der Waals surface area contributed by atoms with Crippen LogP contribution in [0.3, 0.4) is 0 Å². The summed E-state index contributed by atoms with van der Waals surface area (Å²) in [6, 6.07) is 2.47. The lowest BCUT2D eigenvalue weighted by atomic mass is 10.5. The number of carbonyl (C=O) groups is 4. The Morgan fingerprint density at radius 2 is 0.912 bits per heavy atom. The van der Waals surface area contributed by atoms with Gasteiger partial charge in [0.25, 0.3) is 0 Å². The van der Waals surface area contributed by atoms with Crippen LogP contribution in [0.5, 0.6) is 11.8 Å². The van der Waals surface area contributed by atoms with E-state index in [0.29, 0.717) is 11.4 Å². The van der Waals surface area contributed by atoms with Crippen LogP contribution < -0.4 is 9.47 Å². The van der Waals surface area contributed by atoms with Crippen molar-refractivity contribution in [1.29, 1.82) is 0 Å². The van der Waals surface area contributed by atoms with E-state index in [2.05, 4.69) is 10.2 Å². The zero-order chi connectivity index (χ0) is 26.3. The van der Waals surface area contributed by atoms with E-state index in [9.17, 15) is 19.2 Å². The fraction of sp³-hybridized carbons (Fsp3) is 0.500. The molecule has 0 aromatic carbocycles. The lowest BCUT2D eigenvalue weighted by Crippen LogP contribution is -2.29. The van der Waals surface area contributed by atoms with Crippen molar-refractivity contribution in [2.24, 2.45) is 0 Å². The van der Waals surface area contributed by atoms with Crippen LogP contribution in [0, 0.1) is 13.8 Å². The molecule has 0 unspecified atom stereocenters. The summed E-state index contributed by atoms with van der Waals surface area (Å²) in [6.07, 6.45) is -1.07. The average molecular weight is 481 g/mol. The van der Waals surface area contributed by atoms with Crippen LogP contribution in [0.2, 0.25) is 0 Å². The number of ether oxygens (including phenoxy) is 2. The third-order valence-corrected chi connectivity index (χ3v) is 3.97. The first-order chi connectivity index (χ1) is 15.6. The zero-order valence-corrected chi connectivity index (χ0v) is 21.2. The van der Waals surface area contributed by atoms with Gasteiger partial charge in [0.2, 0.25) is 11.8 Å². The van der Waals surface area contributed by atoms with E-state index in [1.807, 2.05) is 0 Å². The quantitative estimate of drug-likeness (QED) is 0.632. The molecule has 0 N–H and O–H groups in total. The number of rotatable bonds is 2. The molecule has 0 aliphatic rings. The Bertz CT molecular complexity index is 956. The zero-order valence-electron chi connectivity index (χ0n) is 21.2. The van der Waals surface area contributed by atoms with E-state index in [4.69, 9.17) is 9.47 Å². The second kappa shape index (κ2) is 11.7. The van der Waals surface area contributed by atoms with Gasteiger partial charge in [0.15, 0.2) is 0 Å². The summed E-state index contributed by atoms with van der Waals surface area (Å²) in [6.45, 7) is 3.42. The molecule has 2 aromatic heterocycles. The lowest BCUT2D eigenvalue weighted by Gasteiger charge is -2.10. The monoisotopic (exact) mass is 480 g/mol. The highest BCUT2D eigenvalue weighted by atomic mass is 16.6. The van der Waals surface area contributed by atoms with Crippen molar-refractivity contribution in [2.75, 3.05) is 56.4 Å². The fourth-order valence-electron chi connectivity index (χ4n) is 2.12. The van der Waals surface area contributed by atoms with Gasteiger partial charge in [0.05, 0.1) is 11.4 Å². The minimum Gasteiger partial charge on any atom is -0.389 e. The van der Waals surface area contributed by atoms with Crippen LogP contribution in [0.15, 0.2) is 12.1 Å². The van der Waals surface area contributed by atoms with Crippen molar-refractivity contribution in [3.05, 3.63) is 23.5 Å². The summed E-state index contributed by atoms with van der Waals surface area (Å²) < 4.78 is 12.3. The number of aryl methyl sites for hydroxylation is 2. The van der Waals surface area contributed by atoms with Gasteiger partial charge in [0.1, 0.15) is 0 Å². The first-order valence-electron chi connectivity index (χ1n) is 10.0. The van der Waals surface area contributed by atoms with Gasteiger partial charge >= 0.3 is 24.2 Å². The van der Waals surface area contributed by atoms with Crippen molar-refractivity contribution in [3.8, 4) is 11.8 Å². The number of hydrogen-bond donors (Lipinski definition) is 0. The summed E-state index contributed by atoms with van der Waals surface area (Å²) in [5.74, 6) is 0.216. The topological polar surface area (TPSA) is 135 Å². The normalized spacial score (nSPS) is 9.94. The van der Waals surface area contributed by atoms with Crippen molar-refractivity contribution in [1.82, 2.24) is 39.2 Å². The maximum absolute atomic E-state index is 11.7. The predicted octanol–water partition coefficient (Wildman–Crippen LogP) is 1.56. The summed E-state index contributed by atoms with van der Waals surface area (Å²) in [5.41, 5.74) is 1.20. The van der Waals surface area contributed by atoms with Gasteiger partial charge in [-0.1, -0.05) is 0 Å². The molecule has 188 valence electrons. The molecule has 0 atom stereocenters. The van der Waals surface area contributed by atoms with Crippen LogP contribution in [-0.2, 0) is 0 Å². The van der Waals surface area contributed by atoms with E-state index in [-0.39, 0.29) is 23.8 Å². The van der Waals surface area contributed by atoms with Gasteiger partial charge in [-0.25, -0.2) is 19.2 Å². The molecule has 34 heavy (non-hydrogen) atoms. The van der Waals surface area contributed by atoms with Crippen LogP contribution in [0.4, 0.5) is 19.2 Å². The molecule has 0 aliphatic carbocycles. The summed E-state index contributed by atoms with van der Waals surface area (Å²) in [5, 5.41) is 7.82. The highest BCUT2D eigenvalue weighted by Crippen LogP contribution is 2.13. The number of carbonyl (C=O) groups excluding carboxylic acids is 4. The maximum Gasteiger partial charge on any atom is 0.416 e. The standard InChI is InChI=1S/2C10H16N4O3/c2*1-7-6-8(17-10(16)13(4)5)11-14(7)9(15)12(2)3/h2*6H,1-5H3. The minimum atomic E-state index is -0.535. The second-order valence-electron chi connectivity index (χ2n) is 7.95. The largest absolute Gasteiger partial charge is 0.416 e. The molecule has 0 saturated heterocycles. The molecule has 2 rings (SSSR count). The summed E-state index contributed by atoms with van der Waals surface area (Å²) >= 11 is 0. The molecular formula is C20H32N8O6. The van der Waals surface area contributed by atoms with Gasteiger partial charge in [-0.2, -0.15) is 9.36 Å². The average Bonchev–Trinajstić information content (AvgIpc) is 3.28. The van der Waals surface area contributed by atoms with E-state index in [1.54, 1.807) is 70.2 Å². The summed E-state index contributed by atoms with van der Waals surface area (Å²) in [7, 11) is 12.7. The Morgan fingerprint density at radius 1 is 0.618 bits per heavy atom. The highest BCUT2D eigenvalue weighted by molar-refractivity contribution is 5.77. The van der Waals surface area contributed by atoms with Gasteiger partial charge in [-0.3, -0.25) is 0 Å². The number of hydrogen-bond acceptors (Lipinski definition) is 8. The molecular weight excluding hydrogens is 448 g/mol. The third kappa shape index (κ3) is 7.50. The number of aromatic nitrogens is 4. The Labute approximate surface area is 198 Å². The van der Waals surface area contributed by atoms with Crippen molar-refractivity contribution in [2.45, 2.75) is 13.8 Å². The van der Waals surface area contributed by atoms with E-state index < -0.39 is 12.2 Å². The second-order valence-corrected chi connectivity index (χ2v) is 7.95. The Balaban J connectivity index is 0.000000340. The minimum absolute atomic E-state index is 0.108. The smallest absolute Gasteiger partial charge is 0.389 e.